The van der Waals surface area contributed by atoms with E-state index in [4.69, 9.17) is 5.11 Å². The average Bonchev–Trinajstić information content (AvgIpc) is 2.84. The van der Waals surface area contributed by atoms with Gasteiger partial charge in [-0.3, -0.25) is 9.59 Å². The number of aliphatic carboxylic acids is 1. The molecule has 2 atom stereocenters. The van der Waals surface area contributed by atoms with Crippen molar-refractivity contribution in [3.05, 3.63) is 21.9 Å². The molecule has 0 bridgehead atoms. The summed E-state index contributed by atoms with van der Waals surface area (Å²) in [5, 5.41) is 10.9. The van der Waals surface area contributed by atoms with Gasteiger partial charge in [0.05, 0.1) is 10.8 Å². The predicted octanol–water partition coefficient (Wildman–Crippen LogP) is 2.74. The Hall–Kier alpha value is -1.16. The van der Waals surface area contributed by atoms with Crippen molar-refractivity contribution < 1.29 is 14.7 Å². The monoisotopic (exact) mass is 238 g/mol. The zero-order valence-electron chi connectivity index (χ0n) is 9.10. The summed E-state index contributed by atoms with van der Waals surface area (Å²) in [5.41, 5.74) is 0.964. The molecule has 86 valence electrons. The van der Waals surface area contributed by atoms with Gasteiger partial charge in [-0.05, 0) is 36.8 Å². The van der Waals surface area contributed by atoms with Crippen LogP contribution in [0.2, 0.25) is 0 Å². The number of hydrogen-bond donors (Lipinski definition) is 1. The number of carboxylic acid groups (broad SMARTS) is 1. The highest BCUT2D eigenvalue weighted by atomic mass is 32.1. The summed E-state index contributed by atoms with van der Waals surface area (Å²) in [4.78, 5) is 23.9. The second kappa shape index (κ2) is 4.37. The molecule has 1 aliphatic rings. The van der Waals surface area contributed by atoms with Crippen LogP contribution in [0.1, 0.15) is 34.5 Å². The molecule has 1 N–H and O–H groups in total. The van der Waals surface area contributed by atoms with Gasteiger partial charge in [0.2, 0.25) is 0 Å². The fourth-order valence-electron chi connectivity index (χ4n) is 2.36. The van der Waals surface area contributed by atoms with E-state index in [0.29, 0.717) is 12.8 Å². The molecule has 4 heteroatoms. The molecule has 3 nitrogen and oxygen atoms in total. The lowest BCUT2D eigenvalue weighted by atomic mass is 9.90. The fourth-order valence-corrected chi connectivity index (χ4v) is 3.29. The summed E-state index contributed by atoms with van der Waals surface area (Å²) in [5.74, 6) is -1.59. The van der Waals surface area contributed by atoms with Crippen LogP contribution in [0, 0.1) is 18.8 Å². The normalized spacial score (nSPS) is 24.6. The van der Waals surface area contributed by atoms with E-state index in [0.717, 1.165) is 16.9 Å². The van der Waals surface area contributed by atoms with Crippen molar-refractivity contribution in [1.82, 2.24) is 0 Å². The highest BCUT2D eigenvalue weighted by Crippen LogP contribution is 2.35. The number of carbonyl (C=O) groups is 2. The van der Waals surface area contributed by atoms with Gasteiger partial charge in [0.1, 0.15) is 0 Å². The number of carbonyl (C=O) groups excluding carboxylic acids is 1. The molecule has 0 aromatic carbocycles. The molecule has 1 heterocycles. The van der Waals surface area contributed by atoms with Crippen LogP contribution in [0.4, 0.5) is 0 Å². The van der Waals surface area contributed by atoms with Crippen LogP contribution in [0.3, 0.4) is 0 Å². The van der Waals surface area contributed by atoms with E-state index in [1.165, 1.54) is 11.3 Å². The van der Waals surface area contributed by atoms with Gasteiger partial charge in [-0.2, -0.15) is 0 Å². The van der Waals surface area contributed by atoms with Gasteiger partial charge in [-0.25, -0.2) is 0 Å². The van der Waals surface area contributed by atoms with Gasteiger partial charge in [0.25, 0.3) is 0 Å². The van der Waals surface area contributed by atoms with Gasteiger partial charge >= 0.3 is 5.97 Å². The Labute approximate surface area is 98.1 Å². The van der Waals surface area contributed by atoms with Gasteiger partial charge in [0, 0.05) is 5.92 Å². The third-order valence-corrected chi connectivity index (χ3v) is 4.29. The van der Waals surface area contributed by atoms with E-state index in [-0.39, 0.29) is 11.7 Å². The summed E-state index contributed by atoms with van der Waals surface area (Å²) in [6.45, 7) is 1.90. The molecule has 1 aromatic heterocycles. The van der Waals surface area contributed by atoms with E-state index in [1.807, 2.05) is 18.4 Å². The van der Waals surface area contributed by atoms with Gasteiger partial charge in [-0.15, -0.1) is 11.3 Å². The Morgan fingerprint density at radius 2 is 2.06 bits per heavy atom. The summed E-state index contributed by atoms with van der Waals surface area (Å²) in [6, 6.07) is 1.91. The molecule has 0 amide bonds. The molecular formula is C12H14O3S. The quantitative estimate of drug-likeness (QED) is 0.824. The molecule has 2 unspecified atom stereocenters. The SMILES string of the molecule is Cc1ccsc1C(=O)C1CCCC1C(=O)O. The van der Waals surface area contributed by atoms with Crippen LogP contribution in [-0.4, -0.2) is 16.9 Å². The Balaban J connectivity index is 2.22. The molecule has 0 spiro atoms. The lowest BCUT2D eigenvalue weighted by Gasteiger charge is -2.13. The molecule has 1 aliphatic carbocycles. The third-order valence-electron chi connectivity index (χ3n) is 3.26. The summed E-state index contributed by atoms with van der Waals surface area (Å²) < 4.78 is 0. The molecule has 0 radical (unpaired) electrons. The Kier molecular flexibility index (Phi) is 3.10. The van der Waals surface area contributed by atoms with Crippen LogP contribution >= 0.6 is 11.3 Å². The minimum absolute atomic E-state index is 0.0254. The molecule has 2 rings (SSSR count). The van der Waals surface area contributed by atoms with Crippen LogP contribution in [0.25, 0.3) is 0 Å². The topological polar surface area (TPSA) is 54.4 Å². The van der Waals surface area contributed by atoms with Crippen molar-refractivity contribution >= 4 is 23.1 Å². The van der Waals surface area contributed by atoms with Crippen molar-refractivity contribution in [2.24, 2.45) is 11.8 Å². The van der Waals surface area contributed by atoms with Crippen LogP contribution in [0.5, 0.6) is 0 Å². The maximum absolute atomic E-state index is 12.2. The summed E-state index contributed by atoms with van der Waals surface area (Å²) in [6.07, 6.45) is 2.20. The summed E-state index contributed by atoms with van der Waals surface area (Å²) in [7, 11) is 0. The van der Waals surface area contributed by atoms with Crippen LogP contribution in [-0.2, 0) is 4.79 Å². The molecule has 1 saturated carbocycles. The Bertz CT molecular complexity index is 422. The molecule has 1 fully saturated rings. The van der Waals surface area contributed by atoms with Crippen LogP contribution < -0.4 is 0 Å². The van der Waals surface area contributed by atoms with Crippen LogP contribution in [0.15, 0.2) is 11.4 Å². The minimum atomic E-state index is -0.829. The maximum Gasteiger partial charge on any atom is 0.307 e. The lowest BCUT2D eigenvalue weighted by molar-refractivity contribution is -0.142. The highest BCUT2D eigenvalue weighted by Gasteiger charge is 2.38. The van der Waals surface area contributed by atoms with E-state index < -0.39 is 11.9 Å². The fraction of sp³-hybridized carbons (Fsp3) is 0.500. The first-order chi connectivity index (χ1) is 7.61. The van der Waals surface area contributed by atoms with E-state index in [9.17, 15) is 9.59 Å². The number of Topliss-reactive ketones (excluding diaryl/α,β-unsaturated/α-hetero) is 1. The Morgan fingerprint density at radius 3 is 2.62 bits per heavy atom. The number of aryl methyl sites for hydroxylation is 1. The first-order valence-electron chi connectivity index (χ1n) is 5.42. The summed E-state index contributed by atoms with van der Waals surface area (Å²) >= 11 is 1.42. The standard InChI is InChI=1S/C12H14O3S/c1-7-5-6-16-11(7)10(13)8-3-2-4-9(8)12(14)15/h5-6,8-9H,2-4H2,1H3,(H,14,15). The predicted molar refractivity (Wildman–Crippen MR) is 61.9 cm³/mol. The Morgan fingerprint density at radius 1 is 1.38 bits per heavy atom. The van der Waals surface area contributed by atoms with Crippen molar-refractivity contribution in [3.63, 3.8) is 0 Å². The zero-order valence-corrected chi connectivity index (χ0v) is 9.92. The zero-order chi connectivity index (χ0) is 11.7. The van der Waals surface area contributed by atoms with Gasteiger partial charge < -0.3 is 5.11 Å². The van der Waals surface area contributed by atoms with Crippen molar-refractivity contribution in [3.8, 4) is 0 Å². The maximum atomic E-state index is 12.2. The average molecular weight is 238 g/mol. The number of hydrogen-bond acceptors (Lipinski definition) is 3. The highest BCUT2D eigenvalue weighted by molar-refractivity contribution is 7.12. The van der Waals surface area contributed by atoms with E-state index in [2.05, 4.69) is 0 Å². The largest absolute Gasteiger partial charge is 0.481 e. The lowest BCUT2D eigenvalue weighted by Crippen LogP contribution is -2.25. The minimum Gasteiger partial charge on any atom is -0.481 e. The molecule has 16 heavy (non-hydrogen) atoms. The van der Waals surface area contributed by atoms with Crippen molar-refractivity contribution in [2.45, 2.75) is 26.2 Å². The first kappa shape index (κ1) is 11.3. The number of thiophene rings is 1. The van der Waals surface area contributed by atoms with Crippen molar-refractivity contribution in [1.29, 1.82) is 0 Å². The smallest absolute Gasteiger partial charge is 0.307 e. The van der Waals surface area contributed by atoms with E-state index >= 15 is 0 Å². The number of rotatable bonds is 3. The van der Waals surface area contributed by atoms with E-state index in [1.54, 1.807) is 0 Å². The number of carboxylic acids is 1. The van der Waals surface area contributed by atoms with Gasteiger partial charge in [-0.1, -0.05) is 6.42 Å². The third kappa shape index (κ3) is 1.89. The molecule has 1 aromatic rings. The number of ketones is 1. The molecule has 0 saturated heterocycles. The van der Waals surface area contributed by atoms with Crippen molar-refractivity contribution in [2.75, 3.05) is 0 Å². The molecular weight excluding hydrogens is 224 g/mol. The molecule has 0 aliphatic heterocycles. The van der Waals surface area contributed by atoms with Gasteiger partial charge in [0.15, 0.2) is 5.78 Å². The second-order valence-corrected chi connectivity index (χ2v) is 5.20. The first-order valence-corrected chi connectivity index (χ1v) is 6.30. The second-order valence-electron chi connectivity index (χ2n) is 4.28.